The summed E-state index contributed by atoms with van der Waals surface area (Å²) in [5.41, 5.74) is 1.77. The SMILES string of the molecule is CCCCC(CC)(CNCC(C)C)Cc1cnn(CC)c1. The smallest absolute Gasteiger partial charge is 0.0521 e. The van der Waals surface area contributed by atoms with E-state index in [0.29, 0.717) is 11.3 Å². The van der Waals surface area contributed by atoms with E-state index < -0.39 is 0 Å². The normalized spacial score (nSPS) is 14.6. The number of nitrogens with zero attached hydrogens (tertiary/aromatic N) is 2. The molecule has 122 valence electrons. The van der Waals surface area contributed by atoms with Crippen molar-refractivity contribution in [2.45, 2.75) is 73.3 Å². The van der Waals surface area contributed by atoms with Crippen LogP contribution in [0.1, 0.15) is 65.9 Å². The van der Waals surface area contributed by atoms with Crippen LogP contribution in [-0.2, 0) is 13.0 Å². The highest BCUT2D eigenvalue weighted by Crippen LogP contribution is 2.32. The van der Waals surface area contributed by atoms with Gasteiger partial charge in [0, 0.05) is 19.3 Å². The molecule has 0 fully saturated rings. The van der Waals surface area contributed by atoms with E-state index in [1.807, 2.05) is 4.68 Å². The molecule has 3 nitrogen and oxygen atoms in total. The second kappa shape index (κ2) is 9.24. The van der Waals surface area contributed by atoms with Gasteiger partial charge < -0.3 is 5.32 Å². The third-order valence-electron chi connectivity index (χ3n) is 4.45. The number of nitrogens with one attached hydrogen (secondary N) is 1. The fraction of sp³-hybridized carbons (Fsp3) is 0.833. The molecule has 0 spiro atoms. The average Bonchev–Trinajstić information content (AvgIpc) is 2.91. The Morgan fingerprint density at radius 3 is 2.57 bits per heavy atom. The zero-order chi connectivity index (χ0) is 15.7. The molecular weight excluding hydrogens is 258 g/mol. The molecule has 21 heavy (non-hydrogen) atoms. The monoisotopic (exact) mass is 293 g/mol. The second-order valence-corrected chi connectivity index (χ2v) is 6.86. The molecular formula is C18H35N3. The Bertz CT molecular complexity index is 384. The summed E-state index contributed by atoms with van der Waals surface area (Å²) < 4.78 is 2.04. The lowest BCUT2D eigenvalue weighted by atomic mass is 9.75. The first-order valence-corrected chi connectivity index (χ1v) is 8.77. The number of aryl methyl sites for hydroxylation is 1. The van der Waals surface area contributed by atoms with Gasteiger partial charge in [0.1, 0.15) is 0 Å². The quantitative estimate of drug-likeness (QED) is 0.660. The Morgan fingerprint density at radius 1 is 1.29 bits per heavy atom. The van der Waals surface area contributed by atoms with Gasteiger partial charge in [-0.05, 0) is 49.6 Å². The number of aromatic nitrogens is 2. The standard InChI is InChI=1S/C18H35N3/c1-6-9-10-18(7-2,15-19-12-16(4)5)11-17-13-20-21(8-3)14-17/h13-14,16,19H,6-12,15H2,1-5H3. The van der Waals surface area contributed by atoms with Crippen molar-refractivity contribution in [2.24, 2.45) is 11.3 Å². The molecule has 1 atom stereocenters. The Balaban J connectivity index is 2.72. The molecule has 1 unspecified atom stereocenters. The van der Waals surface area contributed by atoms with Crippen LogP contribution in [-0.4, -0.2) is 22.9 Å². The van der Waals surface area contributed by atoms with Gasteiger partial charge in [0.05, 0.1) is 6.20 Å². The van der Waals surface area contributed by atoms with E-state index in [9.17, 15) is 0 Å². The van der Waals surface area contributed by atoms with Crippen LogP contribution in [0, 0.1) is 11.3 Å². The van der Waals surface area contributed by atoms with Crippen LogP contribution < -0.4 is 5.32 Å². The van der Waals surface area contributed by atoms with E-state index in [1.54, 1.807) is 0 Å². The van der Waals surface area contributed by atoms with Crippen molar-refractivity contribution in [1.82, 2.24) is 15.1 Å². The number of unbranched alkanes of at least 4 members (excludes halogenated alkanes) is 1. The minimum atomic E-state index is 0.381. The molecule has 0 aliphatic rings. The summed E-state index contributed by atoms with van der Waals surface area (Å²) >= 11 is 0. The minimum Gasteiger partial charge on any atom is -0.316 e. The molecule has 0 aromatic carbocycles. The molecule has 1 aromatic heterocycles. The Kier molecular flexibility index (Phi) is 8.02. The molecule has 0 radical (unpaired) electrons. The number of hydrogen-bond acceptors (Lipinski definition) is 2. The molecule has 0 saturated carbocycles. The predicted octanol–water partition coefficient (Wildman–Crippen LogP) is 4.28. The molecule has 0 aliphatic heterocycles. The van der Waals surface area contributed by atoms with Crippen molar-refractivity contribution in [2.75, 3.05) is 13.1 Å². The summed E-state index contributed by atoms with van der Waals surface area (Å²) in [5.74, 6) is 0.716. The molecule has 0 amide bonds. The second-order valence-electron chi connectivity index (χ2n) is 6.86. The number of hydrogen-bond donors (Lipinski definition) is 1. The van der Waals surface area contributed by atoms with E-state index in [-0.39, 0.29) is 0 Å². The summed E-state index contributed by atoms with van der Waals surface area (Å²) in [4.78, 5) is 0. The van der Waals surface area contributed by atoms with Gasteiger partial charge >= 0.3 is 0 Å². The van der Waals surface area contributed by atoms with Gasteiger partial charge in [-0.15, -0.1) is 0 Å². The molecule has 0 aliphatic carbocycles. The molecule has 0 bridgehead atoms. The summed E-state index contributed by atoms with van der Waals surface area (Å²) in [6, 6.07) is 0. The maximum atomic E-state index is 4.44. The van der Waals surface area contributed by atoms with Gasteiger partial charge in [-0.25, -0.2) is 0 Å². The van der Waals surface area contributed by atoms with Crippen LogP contribution in [0.3, 0.4) is 0 Å². The highest BCUT2D eigenvalue weighted by atomic mass is 15.3. The lowest BCUT2D eigenvalue weighted by Gasteiger charge is -2.33. The largest absolute Gasteiger partial charge is 0.316 e. The van der Waals surface area contributed by atoms with Crippen LogP contribution in [0.25, 0.3) is 0 Å². The first-order valence-electron chi connectivity index (χ1n) is 8.77. The third-order valence-corrected chi connectivity index (χ3v) is 4.45. The van der Waals surface area contributed by atoms with Crippen LogP contribution >= 0.6 is 0 Å². The van der Waals surface area contributed by atoms with Crippen molar-refractivity contribution in [3.8, 4) is 0 Å². The lowest BCUT2D eigenvalue weighted by Crippen LogP contribution is -2.37. The van der Waals surface area contributed by atoms with E-state index in [4.69, 9.17) is 0 Å². The topological polar surface area (TPSA) is 29.9 Å². The predicted molar refractivity (Wildman–Crippen MR) is 91.6 cm³/mol. The van der Waals surface area contributed by atoms with Crippen LogP contribution in [0.2, 0.25) is 0 Å². The van der Waals surface area contributed by atoms with Crippen LogP contribution in [0.15, 0.2) is 12.4 Å². The maximum Gasteiger partial charge on any atom is 0.0521 e. The molecule has 1 aromatic rings. The van der Waals surface area contributed by atoms with Crippen LogP contribution in [0.5, 0.6) is 0 Å². The molecule has 1 N–H and O–H groups in total. The van der Waals surface area contributed by atoms with Crippen LogP contribution in [0.4, 0.5) is 0 Å². The summed E-state index contributed by atoms with van der Waals surface area (Å²) in [7, 11) is 0. The minimum absolute atomic E-state index is 0.381. The van der Waals surface area contributed by atoms with Gasteiger partial charge in [0.25, 0.3) is 0 Å². The van der Waals surface area contributed by atoms with Gasteiger partial charge in [-0.2, -0.15) is 5.10 Å². The average molecular weight is 293 g/mol. The third kappa shape index (κ3) is 6.21. The first-order chi connectivity index (χ1) is 10.0. The highest BCUT2D eigenvalue weighted by molar-refractivity contribution is 5.08. The molecule has 3 heteroatoms. The van der Waals surface area contributed by atoms with Crippen molar-refractivity contribution in [3.63, 3.8) is 0 Å². The molecule has 0 saturated heterocycles. The van der Waals surface area contributed by atoms with E-state index in [0.717, 1.165) is 26.1 Å². The summed E-state index contributed by atoms with van der Waals surface area (Å²) in [6.45, 7) is 14.5. The van der Waals surface area contributed by atoms with Crippen molar-refractivity contribution in [3.05, 3.63) is 18.0 Å². The fourth-order valence-electron chi connectivity index (χ4n) is 2.95. The van der Waals surface area contributed by atoms with E-state index in [1.165, 1.54) is 31.2 Å². The Morgan fingerprint density at radius 2 is 2.05 bits per heavy atom. The summed E-state index contributed by atoms with van der Waals surface area (Å²) in [6.07, 6.45) is 10.6. The Hall–Kier alpha value is -0.830. The first kappa shape index (κ1) is 18.2. The van der Waals surface area contributed by atoms with E-state index in [2.05, 4.69) is 57.4 Å². The van der Waals surface area contributed by atoms with Gasteiger partial charge in [-0.3, -0.25) is 4.68 Å². The lowest BCUT2D eigenvalue weighted by molar-refractivity contribution is 0.226. The molecule has 1 rings (SSSR count). The Labute approximate surface area is 131 Å². The zero-order valence-electron chi connectivity index (χ0n) is 14.8. The molecule has 1 heterocycles. The van der Waals surface area contributed by atoms with Gasteiger partial charge in [0.2, 0.25) is 0 Å². The van der Waals surface area contributed by atoms with E-state index >= 15 is 0 Å². The fourth-order valence-corrected chi connectivity index (χ4v) is 2.95. The summed E-state index contributed by atoms with van der Waals surface area (Å²) in [5, 5.41) is 8.14. The van der Waals surface area contributed by atoms with Gasteiger partial charge in [0.15, 0.2) is 0 Å². The number of rotatable bonds is 11. The van der Waals surface area contributed by atoms with Crippen molar-refractivity contribution in [1.29, 1.82) is 0 Å². The maximum absolute atomic E-state index is 4.44. The zero-order valence-corrected chi connectivity index (χ0v) is 14.8. The van der Waals surface area contributed by atoms with Gasteiger partial charge in [-0.1, -0.05) is 40.5 Å². The highest BCUT2D eigenvalue weighted by Gasteiger charge is 2.28. The van der Waals surface area contributed by atoms with Crippen molar-refractivity contribution >= 4 is 0 Å². The van der Waals surface area contributed by atoms with Crippen molar-refractivity contribution < 1.29 is 0 Å².